The summed E-state index contributed by atoms with van der Waals surface area (Å²) in [6, 6.07) is 0.664. The van der Waals surface area contributed by atoms with Gasteiger partial charge in [0.2, 0.25) is 5.91 Å². The zero-order valence-electron chi connectivity index (χ0n) is 13.0. The molecule has 3 nitrogen and oxygen atoms in total. The Bertz CT molecular complexity index is 273. The minimum Gasteiger partial charge on any atom is -0.340 e. The Hall–Kier alpha value is -0.570. The number of carbonyl (C=O) groups excluding carboxylic acids is 1. The third-order valence-corrected chi connectivity index (χ3v) is 3.90. The fourth-order valence-corrected chi connectivity index (χ4v) is 2.88. The molecule has 0 spiro atoms. The number of carbonyl (C=O) groups is 1. The van der Waals surface area contributed by atoms with Crippen molar-refractivity contribution >= 4 is 5.91 Å². The van der Waals surface area contributed by atoms with Crippen molar-refractivity contribution in [3.8, 4) is 0 Å². The predicted molar refractivity (Wildman–Crippen MR) is 76.5 cm³/mol. The van der Waals surface area contributed by atoms with Gasteiger partial charge in [0.05, 0.1) is 0 Å². The van der Waals surface area contributed by atoms with Crippen LogP contribution in [-0.4, -0.2) is 47.9 Å². The normalized spacial score (nSPS) is 20.3. The Morgan fingerprint density at radius 3 is 1.94 bits per heavy atom. The van der Waals surface area contributed by atoms with Gasteiger partial charge in [-0.1, -0.05) is 41.5 Å². The van der Waals surface area contributed by atoms with Crippen molar-refractivity contribution in [1.29, 1.82) is 0 Å². The molecule has 0 aromatic rings. The fraction of sp³-hybridized carbons (Fsp3) is 0.933. The predicted octanol–water partition coefficient (Wildman–Crippen LogP) is 2.61. The molecule has 1 unspecified atom stereocenters. The lowest BCUT2D eigenvalue weighted by Gasteiger charge is -2.42. The van der Waals surface area contributed by atoms with Crippen LogP contribution in [0.3, 0.4) is 0 Å². The van der Waals surface area contributed by atoms with Gasteiger partial charge in [-0.05, 0) is 12.3 Å². The van der Waals surface area contributed by atoms with E-state index >= 15 is 0 Å². The van der Waals surface area contributed by atoms with Crippen LogP contribution < -0.4 is 0 Å². The second kappa shape index (κ2) is 6.05. The van der Waals surface area contributed by atoms with Crippen LogP contribution in [0, 0.1) is 11.3 Å². The molecule has 1 aliphatic heterocycles. The summed E-state index contributed by atoms with van der Waals surface area (Å²) in [4.78, 5) is 16.8. The van der Waals surface area contributed by atoms with E-state index in [1.54, 1.807) is 0 Å². The third kappa shape index (κ3) is 3.71. The van der Waals surface area contributed by atoms with Crippen molar-refractivity contribution in [3.05, 3.63) is 0 Å². The molecule has 0 aliphatic carbocycles. The number of amides is 1. The minimum absolute atomic E-state index is 0.246. The third-order valence-electron chi connectivity index (χ3n) is 3.90. The number of piperazine rings is 1. The van der Waals surface area contributed by atoms with Crippen molar-refractivity contribution < 1.29 is 4.79 Å². The van der Waals surface area contributed by atoms with E-state index in [0.717, 1.165) is 26.2 Å². The zero-order valence-corrected chi connectivity index (χ0v) is 13.0. The maximum atomic E-state index is 12.2. The molecule has 18 heavy (non-hydrogen) atoms. The first kappa shape index (κ1) is 15.5. The summed E-state index contributed by atoms with van der Waals surface area (Å²) >= 11 is 0. The van der Waals surface area contributed by atoms with Crippen LogP contribution in [0.4, 0.5) is 0 Å². The van der Waals surface area contributed by atoms with Crippen molar-refractivity contribution in [2.45, 2.75) is 54.0 Å². The average Bonchev–Trinajstić information content (AvgIpc) is 2.28. The maximum Gasteiger partial charge on any atom is 0.228 e. The molecule has 1 heterocycles. The van der Waals surface area contributed by atoms with E-state index in [1.165, 1.54) is 6.42 Å². The molecule has 1 aliphatic rings. The summed E-state index contributed by atoms with van der Waals surface area (Å²) < 4.78 is 0. The molecule has 1 fully saturated rings. The Morgan fingerprint density at radius 1 is 1.11 bits per heavy atom. The first-order chi connectivity index (χ1) is 8.27. The molecule has 0 radical (unpaired) electrons. The summed E-state index contributed by atoms with van der Waals surface area (Å²) in [5, 5.41) is 0. The van der Waals surface area contributed by atoms with Crippen LogP contribution >= 0.6 is 0 Å². The molecule has 0 N–H and O–H groups in total. The van der Waals surface area contributed by atoms with Crippen LogP contribution in [0.1, 0.15) is 48.0 Å². The summed E-state index contributed by atoms with van der Waals surface area (Å²) in [5.74, 6) is 0.986. The standard InChI is InChI=1S/C15H30N2O/c1-7-13(12(2)3)16-8-10-17(11-9-16)14(18)15(4,5)6/h12-13H,7-11H2,1-6H3. The van der Waals surface area contributed by atoms with Crippen LogP contribution in [0.25, 0.3) is 0 Å². The topological polar surface area (TPSA) is 23.6 Å². The first-order valence-corrected chi connectivity index (χ1v) is 7.30. The highest BCUT2D eigenvalue weighted by molar-refractivity contribution is 5.81. The van der Waals surface area contributed by atoms with Crippen LogP contribution in [0.2, 0.25) is 0 Å². The van der Waals surface area contributed by atoms with Crippen molar-refractivity contribution in [2.24, 2.45) is 11.3 Å². The second-order valence-corrected chi connectivity index (χ2v) is 6.80. The van der Waals surface area contributed by atoms with Gasteiger partial charge in [-0.15, -0.1) is 0 Å². The van der Waals surface area contributed by atoms with E-state index in [2.05, 4.69) is 25.7 Å². The van der Waals surface area contributed by atoms with Gasteiger partial charge in [0.25, 0.3) is 0 Å². The summed E-state index contributed by atoms with van der Waals surface area (Å²) in [6.07, 6.45) is 1.20. The van der Waals surface area contributed by atoms with E-state index in [-0.39, 0.29) is 5.41 Å². The number of rotatable bonds is 3. The Labute approximate surface area is 113 Å². The van der Waals surface area contributed by atoms with E-state index in [9.17, 15) is 4.79 Å². The molecule has 1 atom stereocenters. The molecule has 1 rings (SSSR count). The van der Waals surface area contributed by atoms with Crippen LogP contribution in [-0.2, 0) is 4.79 Å². The monoisotopic (exact) mass is 254 g/mol. The molecular formula is C15H30N2O. The number of nitrogens with zero attached hydrogens (tertiary/aromatic N) is 2. The Balaban J connectivity index is 2.53. The second-order valence-electron chi connectivity index (χ2n) is 6.80. The zero-order chi connectivity index (χ0) is 13.9. The van der Waals surface area contributed by atoms with E-state index < -0.39 is 0 Å². The largest absolute Gasteiger partial charge is 0.340 e. The van der Waals surface area contributed by atoms with Gasteiger partial charge < -0.3 is 4.90 Å². The van der Waals surface area contributed by atoms with E-state index in [4.69, 9.17) is 0 Å². The summed E-state index contributed by atoms with van der Waals surface area (Å²) in [7, 11) is 0. The fourth-order valence-electron chi connectivity index (χ4n) is 2.88. The molecular weight excluding hydrogens is 224 g/mol. The van der Waals surface area contributed by atoms with Gasteiger partial charge in [-0.25, -0.2) is 0 Å². The number of hydrogen-bond donors (Lipinski definition) is 0. The minimum atomic E-state index is -0.246. The number of hydrogen-bond acceptors (Lipinski definition) is 2. The Kier molecular flexibility index (Phi) is 5.20. The van der Waals surface area contributed by atoms with Gasteiger partial charge in [0, 0.05) is 37.6 Å². The molecule has 0 saturated carbocycles. The first-order valence-electron chi connectivity index (χ1n) is 7.30. The molecule has 0 aromatic heterocycles. The smallest absolute Gasteiger partial charge is 0.228 e. The molecule has 1 amide bonds. The lowest BCUT2D eigenvalue weighted by atomic mass is 9.94. The molecule has 0 bridgehead atoms. The Morgan fingerprint density at radius 2 is 1.61 bits per heavy atom. The van der Waals surface area contributed by atoms with Gasteiger partial charge in [-0.2, -0.15) is 0 Å². The van der Waals surface area contributed by atoms with E-state index in [1.807, 2.05) is 25.7 Å². The van der Waals surface area contributed by atoms with Crippen molar-refractivity contribution in [3.63, 3.8) is 0 Å². The van der Waals surface area contributed by atoms with Gasteiger partial charge in [0.1, 0.15) is 0 Å². The van der Waals surface area contributed by atoms with Crippen molar-refractivity contribution in [1.82, 2.24) is 9.80 Å². The van der Waals surface area contributed by atoms with Gasteiger partial charge >= 0.3 is 0 Å². The molecule has 106 valence electrons. The molecule has 1 saturated heterocycles. The van der Waals surface area contributed by atoms with Crippen LogP contribution in [0.15, 0.2) is 0 Å². The highest BCUT2D eigenvalue weighted by atomic mass is 16.2. The molecule has 0 aromatic carbocycles. The maximum absolute atomic E-state index is 12.2. The highest BCUT2D eigenvalue weighted by Gasteiger charge is 2.31. The average molecular weight is 254 g/mol. The molecule has 3 heteroatoms. The van der Waals surface area contributed by atoms with Gasteiger partial charge in [-0.3, -0.25) is 9.69 Å². The highest BCUT2D eigenvalue weighted by Crippen LogP contribution is 2.21. The van der Waals surface area contributed by atoms with Crippen LogP contribution in [0.5, 0.6) is 0 Å². The van der Waals surface area contributed by atoms with E-state index in [0.29, 0.717) is 17.9 Å². The summed E-state index contributed by atoms with van der Waals surface area (Å²) in [6.45, 7) is 16.7. The lowest BCUT2D eigenvalue weighted by molar-refractivity contribution is -0.141. The SMILES string of the molecule is CCC(C(C)C)N1CCN(C(=O)C(C)(C)C)CC1. The quantitative estimate of drug-likeness (QED) is 0.773. The van der Waals surface area contributed by atoms with Gasteiger partial charge in [0.15, 0.2) is 0 Å². The summed E-state index contributed by atoms with van der Waals surface area (Å²) in [5.41, 5.74) is -0.246. The van der Waals surface area contributed by atoms with Crippen molar-refractivity contribution in [2.75, 3.05) is 26.2 Å². The lowest BCUT2D eigenvalue weighted by Crippen LogP contribution is -2.54.